The number of allylic oxidation sites excluding steroid dienone is 1. The highest BCUT2D eigenvalue weighted by Crippen LogP contribution is 2.45. The van der Waals surface area contributed by atoms with Gasteiger partial charge in [0.15, 0.2) is 0 Å². The van der Waals surface area contributed by atoms with E-state index >= 15 is 0 Å². The van der Waals surface area contributed by atoms with Gasteiger partial charge < -0.3 is 0 Å². The van der Waals surface area contributed by atoms with Crippen molar-refractivity contribution in [2.24, 2.45) is 5.92 Å². The Labute approximate surface area is 117 Å². The van der Waals surface area contributed by atoms with Gasteiger partial charge >= 0.3 is 0 Å². The van der Waals surface area contributed by atoms with Crippen LogP contribution in [0.15, 0.2) is 9.81 Å². The number of thioether (sulfide) groups is 2. The minimum atomic E-state index is -0.782. The molecule has 0 N–H and O–H groups in total. The predicted molar refractivity (Wildman–Crippen MR) is 79.6 cm³/mol. The lowest BCUT2D eigenvalue weighted by atomic mass is 9.75. The molecule has 0 amide bonds. The highest BCUT2D eigenvalue weighted by atomic mass is 32.2. The molecule has 2 fully saturated rings. The lowest BCUT2D eigenvalue weighted by Crippen LogP contribution is -2.41. The number of nitro groups is 1. The van der Waals surface area contributed by atoms with Crippen molar-refractivity contribution in [1.82, 2.24) is 0 Å². The van der Waals surface area contributed by atoms with E-state index < -0.39 is 5.54 Å². The second kappa shape index (κ2) is 5.87. The average Bonchev–Trinajstić information content (AvgIpc) is 2.40. The molecule has 0 bridgehead atoms. The zero-order valence-corrected chi connectivity index (χ0v) is 12.7. The van der Waals surface area contributed by atoms with E-state index in [1.165, 1.54) is 27.7 Å². The quantitative estimate of drug-likeness (QED) is 0.560. The Morgan fingerprint density at radius 1 is 1.28 bits per heavy atom. The minimum absolute atomic E-state index is 0.0908. The van der Waals surface area contributed by atoms with E-state index in [9.17, 15) is 10.1 Å². The van der Waals surface area contributed by atoms with E-state index in [2.05, 4.69) is 0 Å². The zero-order valence-electron chi connectivity index (χ0n) is 11.1. The molecule has 18 heavy (non-hydrogen) atoms. The third-order valence-electron chi connectivity index (χ3n) is 4.04. The molecule has 5 heteroatoms. The molecule has 1 aliphatic heterocycles. The Balaban J connectivity index is 2.11. The van der Waals surface area contributed by atoms with Crippen molar-refractivity contribution in [3.63, 3.8) is 0 Å². The smallest absolute Gasteiger partial charge is 0.219 e. The van der Waals surface area contributed by atoms with Gasteiger partial charge in [-0.2, -0.15) is 0 Å². The Bertz CT molecular complexity index is 358. The second-order valence-corrected chi connectivity index (χ2v) is 8.11. The molecule has 0 aromatic rings. The van der Waals surface area contributed by atoms with Crippen molar-refractivity contribution >= 4 is 23.5 Å². The standard InChI is InChI=1S/C13H21NO2S2/c1-13(2,14(15)16)11-6-3-5-10(9-11)12-17-7-4-8-18-12/h11H,3-9H2,1-2H3/t11-/m0/s1. The molecule has 1 aliphatic carbocycles. The van der Waals surface area contributed by atoms with E-state index in [-0.39, 0.29) is 10.8 Å². The number of nitrogens with zero attached hydrogens (tertiary/aromatic N) is 1. The summed E-state index contributed by atoms with van der Waals surface area (Å²) in [6.45, 7) is 3.57. The van der Waals surface area contributed by atoms with Gasteiger partial charge in [0.05, 0.1) is 0 Å². The first-order chi connectivity index (χ1) is 8.51. The van der Waals surface area contributed by atoms with Crippen molar-refractivity contribution in [2.45, 2.75) is 51.5 Å². The van der Waals surface area contributed by atoms with E-state index in [1.807, 2.05) is 23.5 Å². The molecule has 102 valence electrons. The normalized spacial score (nSPS) is 26.2. The number of hydrogen-bond donors (Lipinski definition) is 0. The molecule has 2 aliphatic rings. The molecule has 0 aromatic heterocycles. The van der Waals surface area contributed by atoms with Gasteiger partial charge in [0.2, 0.25) is 5.54 Å². The van der Waals surface area contributed by atoms with E-state index in [0.29, 0.717) is 0 Å². The topological polar surface area (TPSA) is 43.1 Å². The predicted octanol–water partition coefficient (Wildman–Crippen LogP) is 4.31. The summed E-state index contributed by atoms with van der Waals surface area (Å²) < 4.78 is 1.48. The van der Waals surface area contributed by atoms with Gasteiger partial charge in [-0.15, -0.1) is 23.5 Å². The number of rotatable bonds is 2. The number of hydrogen-bond acceptors (Lipinski definition) is 4. The third kappa shape index (κ3) is 3.05. The van der Waals surface area contributed by atoms with Gasteiger partial charge in [0, 0.05) is 28.9 Å². The van der Waals surface area contributed by atoms with Crippen LogP contribution in [0.2, 0.25) is 0 Å². The van der Waals surface area contributed by atoms with Gasteiger partial charge in [-0.05, 0) is 49.2 Å². The van der Waals surface area contributed by atoms with Crippen LogP contribution in [0.3, 0.4) is 0 Å². The SMILES string of the molecule is CC(C)([C@H]1CCCC(=C2SCCCS2)C1)[N+](=O)[O-]. The average molecular weight is 287 g/mol. The molecule has 2 rings (SSSR count). The fourth-order valence-corrected chi connectivity index (χ4v) is 5.38. The van der Waals surface area contributed by atoms with Crippen LogP contribution in [0.1, 0.15) is 46.0 Å². The fraction of sp³-hybridized carbons (Fsp3) is 0.846. The summed E-state index contributed by atoms with van der Waals surface area (Å²) in [5.74, 6) is 2.64. The maximum absolute atomic E-state index is 11.2. The monoisotopic (exact) mass is 287 g/mol. The lowest BCUT2D eigenvalue weighted by molar-refractivity contribution is -0.572. The lowest BCUT2D eigenvalue weighted by Gasteiger charge is -2.32. The van der Waals surface area contributed by atoms with E-state index in [0.717, 1.165) is 25.7 Å². The minimum Gasteiger partial charge on any atom is -0.264 e. The van der Waals surface area contributed by atoms with Gasteiger partial charge in [-0.3, -0.25) is 10.1 Å². The fourth-order valence-electron chi connectivity index (χ4n) is 2.64. The highest BCUT2D eigenvalue weighted by molar-refractivity contribution is 8.22. The Hall–Kier alpha value is -0.160. The summed E-state index contributed by atoms with van der Waals surface area (Å²) >= 11 is 3.93. The van der Waals surface area contributed by atoms with Crippen molar-refractivity contribution in [1.29, 1.82) is 0 Å². The van der Waals surface area contributed by atoms with Crippen LogP contribution in [0, 0.1) is 16.0 Å². The van der Waals surface area contributed by atoms with Crippen LogP contribution in [-0.2, 0) is 0 Å². The molecule has 1 atom stereocenters. The second-order valence-electron chi connectivity index (χ2n) is 5.65. The zero-order chi connectivity index (χ0) is 13.2. The first-order valence-corrected chi connectivity index (χ1v) is 8.61. The van der Waals surface area contributed by atoms with Crippen LogP contribution in [0.4, 0.5) is 0 Å². The molecule has 0 unspecified atom stereocenters. The van der Waals surface area contributed by atoms with E-state index in [1.54, 1.807) is 13.8 Å². The molecular weight excluding hydrogens is 266 g/mol. The molecule has 3 nitrogen and oxygen atoms in total. The molecule has 1 heterocycles. The largest absolute Gasteiger partial charge is 0.264 e. The van der Waals surface area contributed by atoms with Gasteiger partial charge in [-0.1, -0.05) is 0 Å². The van der Waals surface area contributed by atoms with E-state index in [4.69, 9.17) is 0 Å². The maximum atomic E-state index is 11.2. The molecule has 1 saturated heterocycles. The van der Waals surface area contributed by atoms with Crippen LogP contribution < -0.4 is 0 Å². The van der Waals surface area contributed by atoms with Crippen LogP contribution >= 0.6 is 23.5 Å². The summed E-state index contributed by atoms with van der Waals surface area (Å²) in [4.78, 5) is 11.1. The summed E-state index contributed by atoms with van der Waals surface area (Å²) in [7, 11) is 0. The molecule has 0 radical (unpaired) electrons. The van der Waals surface area contributed by atoms with Crippen LogP contribution in [0.25, 0.3) is 0 Å². The molecule has 0 spiro atoms. The summed E-state index contributed by atoms with van der Waals surface area (Å²) in [6, 6.07) is 0. The van der Waals surface area contributed by atoms with Crippen molar-refractivity contribution in [2.75, 3.05) is 11.5 Å². The summed E-state index contributed by atoms with van der Waals surface area (Å²) in [5.41, 5.74) is 0.715. The highest BCUT2D eigenvalue weighted by Gasteiger charge is 2.42. The Kier molecular flexibility index (Phi) is 4.64. The van der Waals surface area contributed by atoms with Crippen molar-refractivity contribution < 1.29 is 4.92 Å². The Morgan fingerprint density at radius 3 is 2.56 bits per heavy atom. The third-order valence-corrected chi connectivity index (χ3v) is 6.83. The van der Waals surface area contributed by atoms with Gasteiger partial charge in [0.25, 0.3) is 0 Å². The summed E-state index contributed by atoms with van der Waals surface area (Å²) in [5, 5.41) is 11.2. The molecule has 0 aromatic carbocycles. The van der Waals surface area contributed by atoms with Crippen molar-refractivity contribution in [3.8, 4) is 0 Å². The summed E-state index contributed by atoms with van der Waals surface area (Å²) in [6.07, 6.45) is 5.49. The first kappa shape index (κ1) is 14.3. The van der Waals surface area contributed by atoms with Crippen molar-refractivity contribution in [3.05, 3.63) is 19.9 Å². The maximum Gasteiger partial charge on any atom is 0.219 e. The Morgan fingerprint density at radius 2 is 1.94 bits per heavy atom. The van der Waals surface area contributed by atoms with Gasteiger partial charge in [0.1, 0.15) is 0 Å². The van der Waals surface area contributed by atoms with Crippen LogP contribution in [-0.4, -0.2) is 22.0 Å². The molecule has 1 saturated carbocycles. The molecular formula is C13H21NO2S2. The van der Waals surface area contributed by atoms with Crippen LogP contribution in [0.5, 0.6) is 0 Å². The van der Waals surface area contributed by atoms with Gasteiger partial charge in [-0.25, -0.2) is 0 Å². The first-order valence-electron chi connectivity index (χ1n) is 6.64.